The molecule has 0 bridgehead atoms. The van der Waals surface area contributed by atoms with Gasteiger partial charge in [0.15, 0.2) is 0 Å². The highest BCUT2D eigenvalue weighted by atomic mass is 16.2. The number of rotatable bonds is 2. The minimum absolute atomic E-state index is 0.0515. The highest BCUT2D eigenvalue weighted by molar-refractivity contribution is 5.90. The highest BCUT2D eigenvalue weighted by Crippen LogP contribution is 2.22. The molecular weight excluding hydrogens is 266 g/mol. The predicted molar refractivity (Wildman–Crippen MR) is 79.6 cm³/mol. The van der Waals surface area contributed by atoms with Crippen molar-refractivity contribution in [1.29, 1.82) is 0 Å². The molecule has 5 heteroatoms. The number of hydrogen-bond acceptors (Lipinski definition) is 3. The first-order valence-electron chi connectivity index (χ1n) is 7.53. The molecule has 112 valence electrons. The fourth-order valence-corrected chi connectivity index (χ4v) is 3.30. The van der Waals surface area contributed by atoms with Gasteiger partial charge in [0.1, 0.15) is 6.04 Å². The molecule has 1 aromatic rings. The maximum Gasteiger partial charge on any atom is 0.242 e. The zero-order valence-corrected chi connectivity index (χ0v) is 12.3. The van der Waals surface area contributed by atoms with E-state index in [9.17, 15) is 9.59 Å². The minimum atomic E-state index is -0.304. The summed E-state index contributed by atoms with van der Waals surface area (Å²) in [7, 11) is 1.62. The summed E-state index contributed by atoms with van der Waals surface area (Å²) < 4.78 is 0. The molecular formula is C16H21N3O2. The molecule has 2 aliphatic heterocycles. The molecule has 0 radical (unpaired) electrons. The molecule has 0 saturated carbocycles. The Morgan fingerprint density at radius 3 is 2.81 bits per heavy atom. The molecule has 0 spiro atoms. The largest absolute Gasteiger partial charge is 0.357 e. The van der Waals surface area contributed by atoms with Crippen LogP contribution in [0.25, 0.3) is 0 Å². The van der Waals surface area contributed by atoms with Gasteiger partial charge in [-0.2, -0.15) is 0 Å². The molecule has 1 fully saturated rings. The van der Waals surface area contributed by atoms with Crippen molar-refractivity contribution >= 4 is 11.8 Å². The number of amides is 2. The van der Waals surface area contributed by atoms with Crippen molar-refractivity contribution in [1.82, 2.24) is 15.5 Å². The number of nitrogens with zero attached hydrogens (tertiary/aromatic N) is 1. The van der Waals surface area contributed by atoms with Gasteiger partial charge in [0.05, 0.1) is 6.04 Å². The molecule has 5 nitrogen and oxygen atoms in total. The summed E-state index contributed by atoms with van der Waals surface area (Å²) >= 11 is 0. The zero-order valence-electron chi connectivity index (χ0n) is 12.3. The second-order valence-corrected chi connectivity index (χ2v) is 5.71. The molecule has 1 aromatic carbocycles. The zero-order chi connectivity index (χ0) is 14.8. The van der Waals surface area contributed by atoms with Crippen LogP contribution in [0.4, 0.5) is 0 Å². The third-order valence-corrected chi connectivity index (χ3v) is 4.46. The van der Waals surface area contributed by atoms with Crippen LogP contribution in [0.1, 0.15) is 24.0 Å². The van der Waals surface area contributed by atoms with E-state index in [1.165, 1.54) is 11.1 Å². The van der Waals surface area contributed by atoms with E-state index >= 15 is 0 Å². The van der Waals surface area contributed by atoms with Crippen LogP contribution in [0.3, 0.4) is 0 Å². The van der Waals surface area contributed by atoms with Gasteiger partial charge in [-0.3, -0.25) is 9.59 Å². The number of fused-ring (bicyclic) bond motifs is 1. The van der Waals surface area contributed by atoms with Crippen molar-refractivity contribution in [3.05, 3.63) is 35.4 Å². The second kappa shape index (κ2) is 5.85. The molecule has 2 amide bonds. The van der Waals surface area contributed by atoms with Gasteiger partial charge in [0, 0.05) is 20.1 Å². The lowest BCUT2D eigenvalue weighted by atomic mass is 9.95. The first-order valence-corrected chi connectivity index (χ1v) is 7.53. The summed E-state index contributed by atoms with van der Waals surface area (Å²) in [5, 5.41) is 5.96. The maximum absolute atomic E-state index is 12.7. The van der Waals surface area contributed by atoms with E-state index in [-0.39, 0.29) is 23.9 Å². The van der Waals surface area contributed by atoms with E-state index < -0.39 is 0 Å². The smallest absolute Gasteiger partial charge is 0.242 e. The lowest BCUT2D eigenvalue weighted by molar-refractivity contribution is -0.140. The quantitative estimate of drug-likeness (QED) is 0.829. The van der Waals surface area contributed by atoms with Crippen LogP contribution in [0.5, 0.6) is 0 Å². The Balaban J connectivity index is 1.73. The number of likely N-dealkylation sites (tertiary alicyclic amines) is 1. The normalized spacial score (nSPS) is 24.5. The molecule has 3 rings (SSSR count). The Morgan fingerprint density at radius 2 is 2.05 bits per heavy atom. The van der Waals surface area contributed by atoms with Gasteiger partial charge in [-0.1, -0.05) is 24.3 Å². The average Bonchev–Trinajstić information content (AvgIpc) is 3.02. The van der Waals surface area contributed by atoms with Crippen LogP contribution in [0.15, 0.2) is 24.3 Å². The number of hydrogen-bond donors (Lipinski definition) is 2. The van der Waals surface area contributed by atoms with E-state index in [4.69, 9.17) is 0 Å². The van der Waals surface area contributed by atoms with E-state index in [2.05, 4.69) is 22.8 Å². The summed E-state index contributed by atoms with van der Waals surface area (Å²) in [4.78, 5) is 26.3. The average molecular weight is 287 g/mol. The summed E-state index contributed by atoms with van der Waals surface area (Å²) in [6.07, 6.45) is 2.35. The number of benzene rings is 1. The fraction of sp³-hybridized carbons (Fsp3) is 0.500. The first kappa shape index (κ1) is 14.1. The Bertz CT molecular complexity index is 558. The van der Waals surface area contributed by atoms with Crippen LogP contribution in [-0.4, -0.2) is 42.4 Å². The molecule has 2 N–H and O–H groups in total. The van der Waals surface area contributed by atoms with Crippen molar-refractivity contribution < 1.29 is 9.59 Å². The molecule has 2 aliphatic rings. The van der Waals surface area contributed by atoms with Gasteiger partial charge in [-0.05, 0) is 30.4 Å². The molecule has 1 saturated heterocycles. The Kier molecular flexibility index (Phi) is 3.92. The van der Waals surface area contributed by atoms with Crippen LogP contribution >= 0.6 is 0 Å². The summed E-state index contributed by atoms with van der Waals surface area (Å²) in [6.45, 7) is 1.39. The fourth-order valence-electron chi connectivity index (χ4n) is 3.30. The number of carbonyl (C=O) groups excluding carboxylic acids is 2. The van der Waals surface area contributed by atoms with Crippen molar-refractivity contribution in [3.8, 4) is 0 Å². The van der Waals surface area contributed by atoms with E-state index in [0.29, 0.717) is 19.5 Å². The monoisotopic (exact) mass is 287 g/mol. The Hall–Kier alpha value is -1.88. The third-order valence-electron chi connectivity index (χ3n) is 4.46. The van der Waals surface area contributed by atoms with Gasteiger partial charge >= 0.3 is 0 Å². The summed E-state index contributed by atoms with van der Waals surface area (Å²) in [6, 6.07) is 7.68. The number of likely N-dealkylation sites (N-methyl/N-ethyl adjacent to an activating group) is 1. The van der Waals surface area contributed by atoms with E-state index in [1.807, 2.05) is 12.1 Å². The van der Waals surface area contributed by atoms with Crippen molar-refractivity contribution in [2.45, 2.75) is 37.9 Å². The molecule has 0 aromatic heterocycles. The summed E-state index contributed by atoms with van der Waals surface area (Å²) in [5.74, 6) is -0.00679. The molecule has 21 heavy (non-hydrogen) atoms. The number of nitrogens with one attached hydrogen (secondary N) is 2. The Labute approximate surface area is 124 Å². The van der Waals surface area contributed by atoms with Crippen LogP contribution < -0.4 is 10.6 Å². The highest BCUT2D eigenvalue weighted by Gasteiger charge is 2.37. The molecule has 0 aliphatic carbocycles. The van der Waals surface area contributed by atoms with Gasteiger partial charge in [0.2, 0.25) is 11.8 Å². The van der Waals surface area contributed by atoms with Crippen molar-refractivity contribution in [3.63, 3.8) is 0 Å². The predicted octanol–water partition coefficient (Wildman–Crippen LogP) is 0.438. The van der Waals surface area contributed by atoms with Crippen molar-refractivity contribution in [2.24, 2.45) is 0 Å². The molecule has 2 atom stereocenters. The minimum Gasteiger partial charge on any atom is -0.357 e. The van der Waals surface area contributed by atoms with Crippen LogP contribution in [0.2, 0.25) is 0 Å². The standard InChI is InChI=1S/C16H21N3O2/c1-17-15(20)14-7-4-8-19(14)16(21)13-9-11-5-2-3-6-12(11)10-18-13/h2-3,5-6,13-14,18H,4,7-10H2,1H3,(H,17,20)/t13-,14?/m1/s1. The van der Waals surface area contributed by atoms with Crippen LogP contribution in [-0.2, 0) is 22.6 Å². The van der Waals surface area contributed by atoms with Gasteiger partial charge in [-0.25, -0.2) is 0 Å². The first-order chi connectivity index (χ1) is 10.2. The Morgan fingerprint density at radius 1 is 1.29 bits per heavy atom. The summed E-state index contributed by atoms with van der Waals surface area (Å²) in [5.41, 5.74) is 2.48. The lowest BCUT2D eigenvalue weighted by Crippen LogP contribution is -2.53. The van der Waals surface area contributed by atoms with E-state index in [0.717, 1.165) is 12.8 Å². The van der Waals surface area contributed by atoms with Gasteiger partial charge in [0.25, 0.3) is 0 Å². The van der Waals surface area contributed by atoms with Crippen molar-refractivity contribution in [2.75, 3.05) is 13.6 Å². The van der Waals surface area contributed by atoms with Crippen LogP contribution in [0, 0.1) is 0 Å². The topological polar surface area (TPSA) is 61.4 Å². The third kappa shape index (κ3) is 2.65. The maximum atomic E-state index is 12.7. The number of carbonyl (C=O) groups is 2. The van der Waals surface area contributed by atoms with Gasteiger partial charge in [-0.15, -0.1) is 0 Å². The molecule has 1 unspecified atom stereocenters. The van der Waals surface area contributed by atoms with E-state index in [1.54, 1.807) is 11.9 Å². The molecule has 2 heterocycles. The lowest BCUT2D eigenvalue weighted by Gasteiger charge is -2.31. The van der Waals surface area contributed by atoms with Gasteiger partial charge < -0.3 is 15.5 Å². The SMILES string of the molecule is CNC(=O)C1CCCN1C(=O)[C@H]1Cc2ccccc2CN1. The second-order valence-electron chi connectivity index (χ2n) is 5.71.